The second-order valence-electron chi connectivity index (χ2n) is 4.40. The number of hydrogen-bond acceptors (Lipinski definition) is 3. The van der Waals surface area contributed by atoms with Crippen LogP contribution in [0.15, 0.2) is 18.5 Å². The lowest BCUT2D eigenvalue weighted by Crippen LogP contribution is -2.56. The van der Waals surface area contributed by atoms with Crippen molar-refractivity contribution in [2.75, 3.05) is 13.1 Å². The summed E-state index contributed by atoms with van der Waals surface area (Å²) in [5, 5.41) is 11.5. The highest BCUT2D eigenvalue weighted by molar-refractivity contribution is 5.79. The van der Waals surface area contributed by atoms with E-state index in [0.717, 1.165) is 11.1 Å². The molecule has 2 amide bonds. The number of hydrogen-bond donors (Lipinski definition) is 2. The molecule has 6 nitrogen and oxygen atoms in total. The third-order valence-electron chi connectivity index (χ3n) is 3.08. The van der Waals surface area contributed by atoms with Gasteiger partial charge in [-0.2, -0.15) is 0 Å². The Morgan fingerprint density at radius 2 is 2.28 bits per heavy atom. The molecule has 0 saturated carbocycles. The van der Waals surface area contributed by atoms with Crippen LogP contribution in [0.4, 0.5) is 4.79 Å². The Morgan fingerprint density at radius 1 is 1.56 bits per heavy atom. The maximum Gasteiger partial charge on any atom is 0.317 e. The summed E-state index contributed by atoms with van der Waals surface area (Å²) < 4.78 is 0. The Kier molecular flexibility index (Phi) is 3.45. The zero-order valence-corrected chi connectivity index (χ0v) is 10.1. The van der Waals surface area contributed by atoms with Crippen LogP contribution in [0.3, 0.4) is 0 Å². The van der Waals surface area contributed by atoms with Gasteiger partial charge >= 0.3 is 12.0 Å². The molecular weight excluding hydrogens is 234 g/mol. The second-order valence-corrected chi connectivity index (χ2v) is 4.40. The van der Waals surface area contributed by atoms with Gasteiger partial charge in [0.05, 0.1) is 5.92 Å². The molecule has 0 atom stereocenters. The fourth-order valence-electron chi connectivity index (χ4n) is 1.78. The van der Waals surface area contributed by atoms with Crippen LogP contribution < -0.4 is 5.32 Å². The van der Waals surface area contributed by atoms with Crippen LogP contribution in [0.2, 0.25) is 0 Å². The number of nitrogens with one attached hydrogen (secondary N) is 1. The van der Waals surface area contributed by atoms with Crippen molar-refractivity contribution in [3.63, 3.8) is 0 Å². The van der Waals surface area contributed by atoms with Crippen LogP contribution >= 0.6 is 0 Å². The van der Waals surface area contributed by atoms with Gasteiger partial charge in [-0.05, 0) is 24.1 Å². The predicted octanol–water partition coefficient (Wildman–Crippen LogP) is 0.616. The molecule has 2 N–H and O–H groups in total. The van der Waals surface area contributed by atoms with Gasteiger partial charge in [-0.3, -0.25) is 9.78 Å². The van der Waals surface area contributed by atoms with E-state index in [9.17, 15) is 9.59 Å². The maximum absolute atomic E-state index is 11.7. The molecule has 0 bridgehead atoms. The van der Waals surface area contributed by atoms with Gasteiger partial charge in [0.15, 0.2) is 0 Å². The smallest absolute Gasteiger partial charge is 0.317 e. The molecule has 0 unspecified atom stereocenters. The molecule has 1 aromatic rings. The largest absolute Gasteiger partial charge is 0.481 e. The van der Waals surface area contributed by atoms with Crippen LogP contribution in [-0.4, -0.2) is 40.1 Å². The standard InChI is InChI=1S/C12H15N3O3/c1-8-4-13-3-2-9(8)5-14-12(18)15-6-10(7-15)11(16)17/h2-4,10H,5-7H2,1H3,(H,14,18)(H,16,17). The summed E-state index contributed by atoms with van der Waals surface area (Å²) in [5.74, 6) is -1.26. The van der Waals surface area contributed by atoms with Crippen molar-refractivity contribution in [2.45, 2.75) is 13.5 Å². The van der Waals surface area contributed by atoms with E-state index in [1.165, 1.54) is 4.90 Å². The van der Waals surface area contributed by atoms with Crippen molar-refractivity contribution in [2.24, 2.45) is 5.92 Å². The highest BCUT2D eigenvalue weighted by atomic mass is 16.4. The van der Waals surface area contributed by atoms with Crippen molar-refractivity contribution in [3.05, 3.63) is 29.6 Å². The fourth-order valence-corrected chi connectivity index (χ4v) is 1.78. The summed E-state index contributed by atoms with van der Waals surface area (Å²) in [7, 11) is 0. The van der Waals surface area contributed by atoms with Gasteiger partial charge in [-0.25, -0.2) is 4.79 Å². The molecule has 96 valence electrons. The van der Waals surface area contributed by atoms with Crippen molar-refractivity contribution in [3.8, 4) is 0 Å². The Labute approximate surface area is 105 Å². The van der Waals surface area contributed by atoms with Crippen LogP contribution in [0.1, 0.15) is 11.1 Å². The molecule has 0 spiro atoms. The van der Waals surface area contributed by atoms with Crippen LogP contribution in [0, 0.1) is 12.8 Å². The van der Waals surface area contributed by atoms with E-state index in [1.54, 1.807) is 12.4 Å². The Hall–Kier alpha value is -2.11. The third-order valence-corrected chi connectivity index (χ3v) is 3.08. The van der Waals surface area contributed by atoms with E-state index in [4.69, 9.17) is 5.11 Å². The number of carbonyl (C=O) groups is 2. The van der Waals surface area contributed by atoms with Gasteiger partial charge < -0.3 is 15.3 Å². The zero-order valence-electron chi connectivity index (χ0n) is 10.1. The summed E-state index contributed by atoms with van der Waals surface area (Å²) in [6.45, 7) is 2.94. The van der Waals surface area contributed by atoms with E-state index in [0.29, 0.717) is 6.54 Å². The topological polar surface area (TPSA) is 82.5 Å². The SMILES string of the molecule is Cc1cnccc1CNC(=O)N1CC(C(=O)O)C1. The molecule has 0 aliphatic carbocycles. The number of aromatic nitrogens is 1. The number of pyridine rings is 1. The Balaban J connectivity index is 1.80. The molecule has 1 aromatic heterocycles. The molecule has 0 aromatic carbocycles. The van der Waals surface area contributed by atoms with Gasteiger partial charge in [0.25, 0.3) is 0 Å². The number of carboxylic acids is 1. The monoisotopic (exact) mass is 249 g/mol. The van der Waals surface area contributed by atoms with E-state index >= 15 is 0 Å². The number of rotatable bonds is 3. The van der Waals surface area contributed by atoms with E-state index in [-0.39, 0.29) is 19.1 Å². The lowest BCUT2D eigenvalue weighted by Gasteiger charge is -2.36. The highest BCUT2D eigenvalue weighted by Crippen LogP contribution is 2.15. The zero-order chi connectivity index (χ0) is 13.1. The molecule has 2 rings (SSSR count). The molecule has 1 aliphatic rings. The summed E-state index contributed by atoms with van der Waals surface area (Å²) in [4.78, 5) is 27.8. The van der Waals surface area contributed by atoms with E-state index in [2.05, 4.69) is 10.3 Å². The summed E-state index contributed by atoms with van der Waals surface area (Å²) in [5.41, 5.74) is 2.03. The molecule has 18 heavy (non-hydrogen) atoms. The maximum atomic E-state index is 11.7. The van der Waals surface area contributed by atoms with Crippen LogP contribution in [0.25, 0.3) is 0 Å². The first-order chi connectivity index (χ1) is 8.58. The fraction of sp³-hybridized carbons (Fsp3) is 0.417. The Morgan fingerprint density at radius 3 is 2.89 bits per heavy atom. The molecule has 1 saturated heterocycles. The minimum Gasteiger partial charge on any atom is -0.481 e. The number of aryl methyl sites for hydroxylation is 1. The predicted molar refractivity (Wildman–Crippen MR) is 63.9 cm³/mol. The van der Waals surface area contributed by atoms with Gasteiger partial charge in [0.1, 0.15) is 0 Å². The number of nitrogens with zero attached hydrogens (tertiary/aromatic N) is 2. The normalized spacial score (nSPS) is 15.1. The van der Waals surface area contributed by atoms with Gasteiger partial charge in [0.2, 0.25) is 0 Å². The molecule has 1 fully saturated rings. The summed E-state index contributed by atoms with van der Waals surface area (Å²) in [6, 6.07) is 1.63. The first-order valence-corrected chi connectivity index (χ1v) is 5.73. The first kappa shape index (κ1) is 12.3. The van der Waals surface area contributed by atoms with Gasteiger partial charge in [-0.1, -0.05) is 0 Å². The number of aliphatic carboxylic acids is 1. The molecule has 2 heterocycles. The Bertz CT molecular complexity index is 469. The minimum absolute atomic E-state index is 0.219. The van der Waals surface area contributed by atoms with Crippen molar-refractivity contribution < 1.29 is 14.7 Å². The molecular formula is C12H15N3O3. The van der Waals surface area contributed by atoms with Gasteiger partial charge in [0, 0.05) is 32.0 Å². The van der Waals surface area contributed by atoms with Crippen LogP contribution in [0.5, 0.6) is 0 Å². The summed E-state index contributed by atoms with van der Waals surface area (Å²) >= 11 is 0. The first-order valence-electron chi connectivity index (χ1n) is 5.73. The van der Waals surface area contributed by atoms with Crippen molar-refractivity contribution >= 4 is 12.0 Å². The number of amides is 2. The number of carboxylic acid groups (broad SMARTS) is 1. The molecule has 1 aliphatic heterocycles. The third kappa shape index (κ3) is 2.58. The average Bonchev–Trinajstić information content (AvgIpc) is 2.25. The van der Waals surface area contributed by atoms with Crippen molar-refractivity contribution in [1.29, 1.82) is 0 Å². The molecule has 6 heteroatoms. The van der Waals surface area contributed by atoms with Crippen LogP contribution in [-0.2, 0) is 11.3 Å². The van der Waals surface area contributed by atoms with E-state index < -0.39 is 11.9 Å². The minimum atomic E-state index is -0.843. The quantitative estimate of drug-likeness (QED) is 0.822. The average molecular weight is 249 g/mol. The summed E-state index contributed by atoms with van der Waals surface area (Å²) in [6.07, 6.45) is 3.42. The number of carbonyl (C=O) groups excluding carboxylic acids is 1. The second kappa shape index (κ2) is 5.03. The van der Waals surface area contributed by atoms with Gasteiger partial charge in [-0.15, -0.1) is 0 Å². The number of likely N-dealkylation sites (tertiary alicyclic amines) is 1. The lowest BCUT2D eigenvalue weighted by atomic mass is 10.0. The van der Waals surface area contributed by atoms with Crippen molar-refractivity contribution in [1.82, 2.24) is 15.2 Å². The van der Waals surface area contributed by atoms with E-state index in [1.807, 2.05) is 13.0 Å². The number of urea groups is 1. The highest BCUT2D eigenvalue weighted by Gasteiger charge is 2.35. The lowest BCUT2D eigenvalue weighted by molar-refractivity contribution is -0.146. The molecule has 0 radical (unpaired) electrons.